The molecule has 1 aliphatic heterocycles. The summed E-state index contributed by atoms with van der Waals surface area (Å²) in [6.07, 6.45) is 2.11. The molecule has 0 aromatic carbocycles. The van der Waals surface area contributed by atoms with Crippen molar-refractivity contribution in [3.05, 3.63) is 0 Å². The molecule has 0 bridgehead atoms. The quantitative estimate of drug-likeness (QED) is 0.706. The van der Waals surface area contributed by atoms with E-state index in [0.717, 1.165) is 12.8 Å². The molecule has 1 saturated heterocycles. The highest BCUT2D eigenvalue weighted by Gasteiger charge is 2.50. The topological polar surface area (TPSA) is 87.1 Å². The van der Waals surface area contributed by atoms with Crippen LogP contribution in [0.2, 0.25) is 0 Å². The molecule has 0 unspecified atom stereocenters. The Bertz CT molecular complexity index is 324. The number of carboxylic acid groups (broad SMARTS) is 1. The molecule has 102 valence electrons. The second-order valence-electron chi connectivity index (χ2n) is 4.91. The molecule has 2 atom stereocenters. The highest BCUT2D eigenvalue weighted by atomic mass is 16.5. The number of nitrogens with zero attached hydrogens (tertiary/aromatic N) is 1. The summed E-state index contributed by atoms with van der Waals surface area (Å²) in [6, 6.07) is 0. The minimum Gasteiger partial charge on any atom is -0.481 e. The van der Waals surface area contributed by atoms with Gasteiger partial charge in [0.2, 0.25) is 5.91 Å². The molecular weight excluding hydrogens is 238 g/mol. The van der Waals surface area contributed by atoms with Gasteiger partial charge in [-0.1, -0.05) is 0 Å². The predicted octanol–water partition coefficient (Wildman–Crippen LogP) is -0.293. The van der Waals surface area contributed by atoms with Crippen LogP contribution >= 0.6 is 0 Å². The van der Waals surface area contributed by atoms with Crippen molar-refractivity contribution in [2.24, 2.45) is 11.8 Å². The number of amides is 1. The summed E-state index contributed by atoms with van der Waals surface area (Å²) in [5.41, 5.74) is 0. The summed E-state index contributed by atoms with van der Waals surface area (Å²) in [6.45, 7) is 1.60. The number of carbonyl (C=O) groups excluding carboxylic acids is 1. The molecule has 1 heterocycles. The molecule has 1 aliphatic carbocycles. The first-order valence-electron chi connectivity index (χ1n) is 6.37. The normalized spacial score (nSPS) is 28.2. The minimum atomic E-state index is -0.866. The van der Waals surface area contributed by atoms with Crippen LogP contribution in [0.3, 0.4) is 0 Å². The number of carbonyl (C=O) groups is 2. The van der Waals surface area contributed by atoms with Crippen LogP contribution in [-0.4, -0.2) is 59.4 Å². The number of hydrogen-bond donors (Lipinski definition) is 2. The highest BCUT2D eigenvalue weighted by molar-refractivity contribution is 5.89. The van der Waals surface area contributed by atoms with Crippen molar-refractivity contribution in [2.45, 2.75) is 25.4 Å². The van der Waals surface area contributed by atoms with E-state index in [1.54, 1.807) is 4.90 Å². The van der Waals surface area contributed by atoms with Crippen LogP contribution < -0.4 is 0 Å². The van der Waals surface area contributed by atoms with E-state index < -0.39 is 11.9 Å². The van der Waals surface area contributed by atoms with Gasteiger partial charge in [0.25, 0.3) is 0 Å². The summed E-state index contributed by atoms with van der Waals surface area (Å²) in [7, 11) is 0. The van der Waals surface area contributed by atoms with Gasteiger partial charge in [0.1, 0.15) is 0 Å². The van der Waals surface area contributed by atoms with Crippen molar-refractivity contribution in [1.82, 2.24) is 4.90 Å². The van der Waals surface area contributed by atoms with Crippen LogP contribution in [0.15, 0.2) is 0 Å². The number of likely N-dealkylation sites (tertiary alicyclic amines) is 1. The van der Waals surface area contributed by atoms with Gasteiger partial charge in [-0.2, -0.15) is 0 Å². The number of piperidine rings is 1. The third-order valence-corrected chi connectivity index (χ3v) is 3.62. The zero-order chi connectivity index (χ0) is 13.1. The maximum atomic E-state index is 12.0. The summed E-state index contributed by atoms with van der Waals surface area (Å²) in [5, 5.41) is 17.4. The highest BCUT2D eigenvalue weighted by Crippen LogP contribution is 2.40. The number of hydrogen-bond acceptors (Lipinski definition) is 4. The number of aliphatic carboxylic acids is 1. The fourth-order valence-corrected chi connectivity index (χ4v) is 2.44. The van der Waals surface area contributed by atoms with E-state index in [9.17, 15) is 9.59 Å². The first kappa shape index (κ1) is 13.3. The van der Waals surface area contributed by atoms with Crippen molar-refractivity contribution in [3.63, 3.8) is 0 Å². The molecule has 0 radical (unpaired) electrons. The maximum absolute atomic E-state index is 12.0. The predicted molar refractivity (Wildman–Crippen MR) is 61.9 cm³/mol. The summed E-state index contributed by atoms with van der Waals surface area (Å²) >= 11 is 0. The van der Waals surface area contributed by atoms with Gasteiger partial charge in [-0.15, -0.1) is 0 Å². The van der Waals surface area contributed by atoms with Gasteiger partial charge in [-0.3, -0.25) is 9.59 Å². The van der Waals surface area contributed by atoms with E-state index in [0.29, 0.717) is 26.1 Å². The van der Waals surface area contributed by atoms with Gasteiger partial charge in [-0.05, 0) is 19.3 Å². The third-order valence-electron chi connectivity index (χ3n) is 3.62. The van der Waals surface area contributed by atoms with Crippen LogP contribution in [0.25, 0.3) is 0 Å². The number of ether oxygens (including phenoxy) is 1. The van der Waals surface area contributed by atoms with E-state index >= 15 is 0 Å². The minimum absolute atomic E-state index is 0.0154. The fraction of sp³-hybridized carbons (Fsp3) is 0.833. The Kier molecular flexibility index (Phi) is 4.19. The molecule has 0 spiro atoms. The van der Waals surface area contributed by atoms with E-state index in [1.165, 1.54) is 0 Å². The molecule has 1 saturated carbocycles. The lowest BCUT2D eigenvalue weighted by molar-refractivity contribution is -0.142. The first-order chi connectivity index (χ1) is 8.63. The molecule has 2 aliphatic rings. The maximum Gasteiger partial charge on any atom is 0.307 e. The summed E-state index contributed by atoms with van der Waals surface area (Å²) in [4.78, 5) is 24.4. The van der Waals surface area contributed by atoms with E-state index in [2.05, 4.69) is 0 Å². The van der Waals surface area contributed by atoms with Crippen LogP contribution in [0, 0.1) is 11.8 Å². The Labute approximate surface area is 106 Å². The third kappa shape index (κ3) is 3.00. The average Bonchev–Trinajstić information content (AvgIpc) is 3.16. The van der Waals surface area contributed by atoms with Gasteiger partial charge < -0.3 is 19.8 Å². The lowest BCUT2D eigenvalue weighted by Crippen LogP contribution is -2.42. The van der Waals surface area contributed by atoms with Gasteiger partial charge in [0.05, 0.1) is 31.2 Å². The van der Waals surface area contributed by atoms with Crippen LogP contribution in [0.5, 0.6) is 0 Å². The summed E-state index contributed by atoms with van der Waals surface area (Å²) in [5.74, 6) is -1.67. The standard InChI is InChI=1S/C12H19NO5/c14-5-6-18-8-1-3-13(4-2-8)11(15)9-7-10(9)12(16)17/h8-10,14H,1-7H2,(H,16,17)/t9-,10+/m1/s1. The molecule has 2 fully saturated rings. The second-order valence-corrected chi connectivity index (χ2v) is 4.91. The molecule has 2 N–H and O–H groups in total. The molecule has 0 aromatic heterocycles. The summed E-state index contributed by atoms with van der Waals surface area (Å²) < 4.78 is 5.41. The molecule has 6 heteroatoms. The zero-order valence-electron chi connectivity index (χ0n) is 10.2. The van der Waals surface area contributed by atoms with Gasteiger partial charge >= 0.3 is 5.97 Å². The molecule has 18 heavy (non-hydrogen) atoms. The number of rotatable bonds is 5. The Hall–Kier alpha value is -1.14. The SMILES string of the molecule is O=C(O)[C@H]1C[C@H]1C(=O)N1CCC(OCCO)CC1. The largest absolute Gasteiger partial charge is 0.481 e. The van der Waals surface area contributed by atoms with Gasteiger partial charge in [0.15, 0.2) is 0 Å². The van der Waals surface area contributed by atoms with E-state index in [1.807, 2.05) is 0 Å². The Morgan fingerprint density at radius 3 is 2.39 bits per heavy atom. The molecule has 6 nitrogen and oxygen atoms in total. The lowest BCUT2D eigenvalue weighted by Gasteiger charge is -2.32. The van der Waals surface area contributed by atoms with Gasteiger partial charge in [-0.25, -0.2) is 0 Å². The Morgan fingerprint density at radius 2 is 1.89 bits per heavy atom. The monoisotopic (exact) mass is 257 g/mol. The van der Waals surface area contributed by atoms with Crippen molar-refractivity contribution < 1.29 is 24.5 Å². The molecule has 2 rings (SSSR count). The molecular formula is C12H19NO5. The van der Waals surface area contributed by atoms with Crippen molar-refractivity contribution in [2.75, 3.05) is 26.3 Å². The lowest BCUT2D eigenvalue weighted by atomic mass is 10.1. The first-order valence-corrected chi connectivity index (χ1v) is 6.37. The van der Waals surface area contributed by atoms with Crippen molar-refractivity contribution in [1.29, 1.82) is 0 Å². The Balaban J connectivity index is 1.73. The van der Waals surface area contributed by atoms with Crippen LogP contribution in [0.1, 0.15) is 19.3 Å². The fourth-order valence-electron chi connectivity index (χ4n) is 2.44. The van der Waals surface area contributed by atoms with E-state index in [4.69, 9.17) is 14.9 Å². The number of carboxylic acids is 1. The molecule has 1 amide bonds. The second kappa shape index (κ2) is 5.67. The van der Waals surface area contributed by atoms with Crippen LogP contribution in [0.4, 0.5) is 0 Å². The Morgan fingerprint density at radius 1 is 1.22 bits per heavy atom. The number of aliphatic hydroxyl groups is 1. The van der Waals surface area contributed by atoms with E-state index in [-0.39, 0.29) is 24.5 Å². The van der Waals surface area contributed by atoms with Crippen molar-refractivity contribution >= 4 is 11.9 Å². The van der Waals surface area contributed by atoms with Crippen molar-refractivity contribution in [3.8, 4) is 0 Å². The zero-order valence-corrected chi connectivity index (χ0v) is 10.2. The van der Waals surface area contributed by atoms with Gasteiger partial charge in [0, 0.05) is 13.1 Å². The molecule has 0 aromatic rings. The smallest absolute Gasteiger partial charge is 0.307 e. The average molecular weight is 257 g/mol. The number of aliphatic hydroxyl groups excluding tert-OH is 1. The van der Waals surface area contributed by atoms with Crippen LogP contribution in [-0.2, 0) is 14.3 Å².